The fourth-order valence-electron chi connectivity index (χ4n) is 4.60. The Morgan fingerprint density at radius 3 is 2.57 bits per heavy atom. The smallest absolute Gasteiger partial charge is 0.435 e. The van der Waals surface area contributed by atoms with Gasteiger partial charge < -0.3 is 25.1 Å². The molecule has 0 spiro atoms. The van der Waals surface area contributed by atoms with Gasteiger partial charge in [-0.05, 0) is 69.3 Å². The molecule has 230 valence electrons. The van der Waals surface area contributed by atoms with Crippen molar-refractivity contribution in [3.05, 3.63) is 83.6 Å². The second-order valence-electron chi connectivity index (χ2n) is 9.69. The molecular weight excluding hydrogens is 569 g/mol. The summed E-state index contributed by atoms with van der Waals surface area (Å²) in [5, 5.41) is 3.27. The van der Waals surface area contributed by atoms with Gasteiger partial charge in [-0.1, -0.05) is 6.07 Å². The number of anilines is 2. The van der Waals surface area contributed by atoms with Gasteiger partial charge in [0.15, 0.2) is 0 Å². The zero-order valence-corrected chi connectivity index (χ0v) is 24.9. The number of aliphatic imine (C=N–C) groups is 1. The van der Waals surface area contributed by atoms with E-state index in [1.807, 2.05) is 18.5 Å². The van der Waals surface area contributed by atoms with Gasteiger partial charge in [-0.25, -0.2) is 19.2 Å². The summed E-state index contributed by atoms with van der Waals surface area (Å²) in [5.74, 6) is -0.639. The van der Waals surface area contributed by atoms with Crippen LogP contribution < -0.4 is 16.0 Å². The third-order valence-corrected chi connectivity index (χ3v) is 6.67. The molecule has 0 saturated carbocycles. The molecule has 13 heteroatoms. The quantitative estimate of drug-likeness (QED) is 0.141. The Hall–Kier alpha value is -5.33. The molecule has 12 nitrogen and oxygen atoms in total. The average molecular weight is 604 g/mol. The van der Waals surface area contributed by atoms with Gasteiger partial charge in [0.05, 0.1) is 42.3 Å². The largest absolute Gasteiger partial charge is 0.466 e. The number of ether oxygens (including phenoxy) is 2. The molecule has 0 aliphatic carbocycles. The van der Waals surface area contributed by atoms with Crippen LogP contribution in [0.3, 0.4) is 0 Å². The van der Waals surface area contributed by atoms with Crippen molar-refractivity contribution in [1.82, 2.24) is 14.5 Å². The summed E-state index contributed by atoms with van der Waals surface area (Å²) in [7, 11) is 1.85. The van der Waals surface area contributed by atoms with Crippen molar-refractivity contribution < 1.29 is 28.2 Å². The van der Waals surface area contributed by atoms with Gasteiger partial charge in [0.25, 0.3) is 5.91 Å². The highest BCUT2D eigenvalue weighted by Gasteiger charge is 2.22. The van der Waals surface area contributed by atoms with Gasteiger partial charge in [-0.15, -0.1) is 0 Å². The number of nitrogens with two attached hydrogens (primary N) is 1. The number of benzene rings is 2. The summed E-state index contributed by atoms with van der Waals surface area (Å²) in [6.07, 6.45) is 0.686. The molecule has 3 N–H and O–H groups in total. The van der Waals surface area contributed by atoms with E-state index < -0.39 is 17.9 Å². The minimum Gasteiger partial charge on any atom is -0.466 e. The number of esters is 1. The lowest BCUT2D eigenvalue weighted by atomic mass is 10.1. The normalized spacial score (nSPS) is 12.1. The van der Waals surface area contributed by atoms with Gasteiger partial charge in [-0.3, -0.25) is 14.5 Å². The van der Waals surface area contributed by atoms with Crippen molar-refractivity contribution in [2.45, 2.75) is 33.2 Å². The fourth-order valence-corrected chi connectivity index (χ4v) is 4.60. The first-order valence-electron chi connectivity index (χ1n) is 14.0. The number of amidine groups is 1. The SMILES string of the molecule is CCOC(=O)CCN(C(=O)c1ccc2c(c1)nc(C(C)Nc1ccc(F)c(/C(N)=N/C(=O)OCC)c1)n2C)c1ccccn1. The number of rotatable bonds is 11. The number of hydrogen-bond donors (Lipinski definition) is 2. The zero-order valence-electron chi connectivity index (χ0n) is 24.9. The van der Waals surface area contributed by atoms with E-state index in [9.17, 15) is 18.8 Å². The van der Waals surface area contributed by atoms with Crippen LogP contribution in [0.5, 0.6) is 0 Å². The molecule has 0 bridgehead atoms. The molecule has 1 unspecified atom stereocenters. The Bertz CT molecular complexity index is 1690. The minimum absolute atomic E-state index is 0.0146. The number of carbonyl (C=O) groups is 3. The maximum absolute atomic E-state index is 14.5. The summed E-state index contributed by atoms with van der Waals surface area (Å²) in [6, 6.07) is 14.3. The molecule has 1 atom stereocenters. The highest BCUT2D eigenvalue weighted by Crippen LogP contribution is 2.26. The number of aryl methyl sites for hydroxylation is 1. The molecular formula is C31H34FN7O5. The molecule has 44 heavy (non-hydrogen) atoms. The number of carbonyl (C=O) groups excluding carboxylic acids is 3. The van der Waals surface area contributed by atoms with Crippen molar-refractivity contribution in [2.24, 2.45) is 17.8 Å². The highest BCUT2D eigenvalue weighted by molar-refractivity contribution is 6.07. The Morgan fingerprint density at radius 2 is 1.86 bits per heavy atom. The lowest BCUT2D eigenvalue weighted by molar-refractivity contribution is -0.142. The van der Waals surface area contributed by atoms with Gasteiger partial charge in [0.1, 0.15) is 23.3 Å². The van der Waals surface area contributed by atoms with E-state index in [1.54, 1.807) is 56.4 Å². The van der Waals surface area contributed by atoms with Crippen LogP contribution >= 0.6 is 0 Å². The van der Waals surface area contributed by atoms with Gasteiger partial charge in [-0.2, -0.15) is 4.99 Å². The van der Waals surface area contributed by atoms with Gasteiger partial charge in [0.2, 0.25) is 0 Å². The Morgan fingerprint density at radius 1 is 1.09 bits per heavy atom. The monoisotopic (exact) mass is 603 g/mol. The number of imidazole rings is 1. The van der Waals surface area contributed by atoms with E-state index in [2.05, 4.69) is 15.3 Å². The topological polar surface area (TPSA) is 154 Å². The van der Waals surface area contributed by atoms with Crippen LogP contribution in [0.25, 0.3) is 11.0 Å². The van der Waals surface area contributed by atoms with Crippen molar-refractivity contribution in [3.63, 3.8) is 0 Å². The van der Waals surface area contributed by atoms with Gasteiger partial charge >= 0.3 is 12.1 Å². The number of amides is 2. The van der Waals surface area contributed by atoms with Crippen molar-refractivity contribution in [1.29, 1.82) is 0 Å². The van der Waals surface area contributed by atoms with E-state index in [4.69, 9.17) is 20.2 Å². The van der Waals surface area contributed by atoms with Crippen LogP contribution in [0.4, 0.5) is 20.7 Å². The van der Waals surface area contributed by atoms with Crippen molar-refractivity contribution in [3.8, 4) is 0 Å². The number of halogens is 1. The molecule has 4 rings (SSSR count). The number of fused-ring (bicyclic) bond motifs is 1. The first-order valence-corrected chi connectivity index (χ1v) is 14.0. The molecule has 0 fully saturated rings. The summed E-state index contributed by atoms with van der Waals surface area (Å²) in [6.45, 7) is 5.69. The van der Waals surface area contributed by atoms with E-state index >= 15 is 0 Å². The Labute approximate surface area is 253 Å². The predicted octanol–water partition coefficient (Wildman–Crippen LogP) is 4.74. The summed E-state index contributed by atoms with van der Waals surface area (Å²) >= 11 is 0. The van der Waals surface area contributed by atoms with Crippen LogP contribution in [0, 0.1) is 5.82 Å². The molecule has 2 heterocycles. The lowest BCUT2D eigenvalue weighted by Crippen LogP contribution is -2.34. The summed E-state index contributed by atoms with van der Waals surface area (Å²) in [5.41, 5.74) is 8.07. The number of hydrogen-bond acceptors (Lipinski definition) is 8. The number of pyridine rings is 1. The standard InChI is InChI=1S/C31H34FN7O5/c1-5-43-27(40)14-16-39(26-9-7-8-15-34-26)30(41)20-10-13-25-24(17-20)36-29(38(25)4)19(3)35-21-11-12-23(32)22(18-21)28(33)37-31(42)44-6-2/h7-13,15,17-19,35H,5-6,14,16H2,1-4H3,(H2,33,37,42). The van der Waals surface area contributed by atoms with Crippen LogP contribution in [0.1, 0.15) is 55.0 Å². The summed E-state index contributed by atoms with van der Waals surface area (Å²) in [4.78, 5) is 51.5. The number of aromatic nitrogens is 3. The molecule has 2 amide bonds. The average Bonchev–Trinajstić information content (AvgIpc) is 3.34. The van der Waals surface area contributed by atoms with Gasteiger partial charge in [0, 0.05) is 31.0 Å². The van der Waals surface area contributed by atoms with Crippen molar-refractivity contribution >= 4 is 46.3 Å². The van der Waals surface area contributed by atoms with E-state index in [0.29, 0.717) is 28.4 Å². The predicted molar refractivity (Wildman–Crippen MR) is 164 cm³/mol. The lowest BCUT2D eigenvalue weighted by Gasteiger charge is -2.21. The third kappa shape index (κ3) is 7.35. The molecule has 0 aliphatic rings. The van der Waals surface area contributed by atoms with Crippen LogP contribution in [-0.4, -0.2) is 58.1 Å². The van der Waals surface area contributed by atoms with Crippen LogP contribution in [-0.2, 0) is 21.3 Å². The Kier molecular flexibility index (Phi) is 10.2. The fraction of sp³-hybridized carbons (Fsp3) is 0.290. The second-order valence-corrected chi connectivity index (χ2v) is 9.69. The highest BCUT2D eigenvalue weighted by atomic mass is 19.1. The molecule has 0 radical (unpaired) electrons. The summed E-state index contributed by atoms with van der Waals surface area (Å²) < 4.78 is 26.2. The van der Waals surface area contributed by atoms with E-state index in [1.165, 1.54) is 23.1 Å². The molecule has 0 saturated heterocycles. The molecule has 2 aromatic carbocycles. The van der Waals surface area contributed by atoms with E-state index in [0.717, 1.165) is 5.52 Å². The maximum Gasteiger partial charge on any atom is 0.435 e. The first-order chi connectivity index (χ1) is 21.1. The van der Waals surface area contributed by atoms with Crippen LogP contribution in [0.15, 0.2) is 65.8 Å². The van der Waals surface area contributed by atoms with E-state index in [-0.39, 0.29) is 49.5 Å². The van der Waals surface area contributed by atoms with Crippen molar-refractivity contribution in [2.75, 3.05) is 30.0 Å². The number of nitrogens with zero attached hydrogens (tertiary/aromatic N) is 5. The first kappa shape index (κ1) is 31.6. The maximum atomic E-state index is 14.5. The Balaban J connectivity index is 1.58. The van der Waals surface area contributed by atoms with Crippen LogP contribution in [0.2, 0.25) is 0 Å². The third-order valence-electron chi connectivity index (χ3n) is 6.67. The molecule has 0 aliphatic heterocycles. The zero-order chi connectivity index (χ0) is 31.8. The molecule has 4 aromatic rings. The second kappa shape index (κ2) is 14.2. The molecule has 2 aromatic heterocycles. The minimum atomic E-state index is -0.907. The number of nitrogens with one attached hydrogen (secondary N) is 1.